The number of urea groups is 1. The molecule has 0 aromatic heterocycles. The molecule has 0 unspecified atom stereocenters. The molecule has 3 amide bonds. The Morgan fingerprint density at radius 2 is 2.24 bits per heavy atom. The van der Waals surface area contributed by atoms with Crippen LogP contribution >= 0.6 is 12.4 Å². The summed E-state index contributed by atoms with van der Waals surface area (Å²) in [7, 11) is 1.81. The molecule has 1 aliphatic heterocycles. The summed E-state index contributed by atoms with van der Waals surface area (Å²) in [6.07, 6.45) is 1.34. The van der Waals surface area contributed by atoms with Crippen molar-refractivity contribution in [2.45, 2.75) is 12.8 Å². The summed E-state index contributed by atoms with van der Waals surface area (Å²) in [5.74, 6) is -0.0420. The highest BCUT2D eigenvalue weighted by atomic mass is 35.5. The van der Waals surface area contributed by atoms with Gasteiger partial charge < -0.3 is 16.0 Å². The number of hydrogen-bond donors (Lipinski definition) is 3. The Morgan fingerprint density at radius 3 is 2.95 bits per heavy atom. The Morgan fingerprint density at radius 1 is 1.43 bits per heavy atom. The van der Waals surface area contributed by atoms with Crippen LogP contribution in [0.3, 0.4) is 0 Å². The van der Waals surface area contributed by atoms with Gasteiger partial charge in [0.2, 0.25) is 5.91 Å². The molecule has 0 aliphatic carbocycles. The number of nitrogens with one attached hydrogen (secondary N) is 3. The average Bonchev–Trinajstić information content (AvgIpc) is 2.46. The molecule has 0 bridgehead atoms. The minimum atomic E-state index is -0.0880. The molecule has 1 aromatic rings. The molecule has 1 fully saturated rings. The van der Waals surface area contributed by atoms with E-state index in [4.69, 9.17) is 0 Å². The second-order valence-corrected chi connectivity index (χ2v) is 4.69. The summed E-state index contributed by atoms with van der Waals surface area (Å²) >= 11 is 0. The summed E-state index contributed by atoms with van der Waals surface area (Å²) < 4.78 is 0. The van der Waals surface area contributed by atoms with Crippen LogP contribution in [0.25, 0.3) is 0 Å². The van der Waals surface area contributed by atoms with Gasteiger partial charge in [0, 0.05) is 37.4 Å². The fourth-order valence-corrected chi connectivity index (χ4v) is 2.09. The van der Waals surface area contributed by atoms with Gasteiger partial charge in [-0.15, -0.1) is 12.4 Å². The Hall–Kier alpha value is -1.79. The second-order valence-electron chi connectivity index (χ2n) is 4.69. The van der Waals surface area contributed by atoms with Crippen molar-refractivity contribution in [2.75, 3.05) is 36.9 Å². The molecule has 1 heterocycles. The van der Waals surface area contributed by atoms with Crippen molar-refractivity contribution in [2.24, 2.45) is 0 Å². The minimum absolute atomic E-state index is 0. The number of rotatable bonds is 5. The number of amides is 3. The zero-order valence-electron chi connectivity index (χ0n) is 12.0. The molecular weight excluding hydrogens is 292 g/mol. The standard InChI is InChI=1S/C14H20N4O2.ClH/c1-15-8-6-13(19)17-11-4-2-5-12(10-11)18-9-3-7-16-14(18)20;/h2,4-5,10,15H,3,6-9H2,1H3,(H,16,20)(H,17,19);1H. The van der Waals surface area contributed by atoms with Crippen LogP contribution in [0.1, 0.15) is 12.8 Å². The largest absolute Gasteiger partial charge is 0.338 e. The zero-order chi connectivity index (χ0) is 14.4. The van der Waals surface area contributed by atoms with Gasteiger partial charge in [-0.25, -0.2) is 4.79 Å². The van der Waals surface area contributed by atoms with E-state index in [1.165, 1.54) is 0 Å². The highest BCUT2D eigenvalue weighted by Crippen LogP contribution is 2.21. The molecule has 1 saturated heterocycles. The van der Waals surface area contributed by atoms with E-state index < -0.39 is 0 Å². The number of hydrogen-bond acceptors (Lipinski definition) is 3. The van der Waals surface area contributed by atoms with Crippen molar-refractivity contribution < 1.29 is 9.59 Å². The van der Waals surface area contributed by atoms with Crippen molar-refractivity contribution in [1.29, 1.82) is 0 Å². The lowest BCUT2D eigenvalue weighted by Crippen LogP contribution is -2.46. The highest BCUT2D eigenvalue weighted by molar-refractivity contribution is 5.95. The van der Waals surface area contributed by atoms with Gasteiger partial charge in [0.1, 0.15) is 0 Å². The first-order valence-corrected chi connectivity index (χ1v) is 6.80. The zero-order valence-corrected chi connectivity index (χ0v) is 12.8. The fraction of sp³-hybridized carbons (Fsp3) is 0.429. The predicted molar refractivity (Wildman–Crippen MR) is 86.2 cm³/mol. The molecule has 2 rings (SSSR count). The van der Waals surface area contributed by atoms with E-state index in [0.717, 1.165) is 18.7 Å². The van der Waals surface area contributed by atoms with E-state index in [0.29, 0.717) is 25.2 Å². The summed E-state index contributed by atoms with van der Waals surface area (Å²) in [6, 6.07) is 7.26. The Labute approximate surface area is 130 Å². The van der Waals surface area contributed by atoms with Gasteiger partial charge in [-0.2, -0.15) is 0 Å². The average molecular weight is 313 g/mol. The first-order valence-electron chi connectivity index (χ1n) is 6.80. The predicted octanol–water partition coefficient (Wildman–Crippen LogP) is 1.58. The lowest BCUT2D eigenvalue weighted by molar-refractivity contribution is -0.116. The number of carbonyl (C=O) groups is 2. The van der Waals surface area contributed by atoms with Crippen LogP contribution in [0, 0.1) is 0 Å². The van der Waals surface area contributed by atoms with E-state index in [2.05, 4.69) is 16.0 Å². The van der Waals surface area contributed by atoms with Gasteiger partial charge in [-0.1, -0.05) is 6.07 Å². The van der Waals surface area contributed by atoms with E-state index in [9.17, 15) is 9.59 Å². The molecule has 1 aromatic carbocycles. The molecule has 0 spiro atoms. The first-order chi connectivity index (χ1) is 9.70. The van der Waals surface area contributed by atoms with Crippen molar-refractivity contribution in [3.8, 4) is 0 Å². The fourth-order valence-electron chi connectivity index (χ4n) is 2.09. The normalized spacial score (nSPS) is 14.1. The number of benzene rings is 1. The molecule has 116 valence electrons. The summed E-state index contributed by atoms with van der Waals surface area (Å²) in [4.78, 5) is 25.2. The highest BCUT2D eigenvalue weighted by Gasteiger charge is 2.19. The van der Waals surface area contributed by atoms with Gasteiger partial charge in [0.25, 0.3) is 0 Å². The number of nitrogens with zero attached hydrogens (tertiary/aromatic N) is 1. The van der Waals surface area contributed by atoms with Gasteiger partial charge in [0.15, 0.2) is 0 Å². The van der Waals surface area contributed by atoms with Crippen LogP contribution in [-0.2, 0) is 4.79 Å². The van der Waals surface area contributed by atoms with Gasteiger partial charge in [-0.05, 0) is 31.7 Å². The van der Waals surface area contributed by atoms with Crippen LogP contribution in [0.4, 0.5) is 16.2 Å². The molecule has 3 N–H and O–H groups in total. The second kappa shape index (κ2) is 8.49. The van der Waals surface area contributed by atoms with E-state index >= 15 is 0 Å². The van der Waals surface area contributed by atoms with E-state index in [1.54, 1.807) is 4.90 Å². The third kappa shape index (κ3) is 4.91. The van der Waals surface area contributed by atoms with Crippen LogP contribution in [0.2, 0.25) is 0 Å². The molecule has 1 aliphatic rings. The Bertz CT molecular complexity index is 496. The third-order valence-corrected chi connectivity index (χ3v) is 3.12. The topological polar surface area (TPSA) is 73.5 Å². The Balaban J connectivity index is 0.00000220. The lowest BCUT2D eigenvalue weighted by atomic mass is 10.2. The smallest absolute Gasteiger partial charge is 0.321 e. The molecular formula is C14H21ClN4O2. The quantitative estimate of drug-likeness (QED) is 0.773. The maximum absolute atomic E-state index is 11.8. The number of halogens is 1. The number of anilines is 2. The third-order valence-electron chi connectivity index (χ3n) is 3.12. The molecule has 21 heavy (non-hydrogen) atoms. The lowest BCUT2D eigenvalue weighted by Gasteiger charge is -2.27. The van der Waals surface area contributed by atoms with Crippen molar-refractivity contribution in [1.82, 2.24) is 10.6 Å². The monoisotopic (exact) mass is 312 g/mol. The Kier molecular flexibility index (Phi) is 6.98. The van der Waals surface area contributed by atoms with E-state index in [-0.39, 0.29) is 24.3 Å². The summed E-state index contributed by atoms with van der Waals surface area (Å²) in [6.45, 7) is 2.05. The molecule has 0 atom stereocenters. The van der Waals surface area contributed by atoms with Gasteiger partial charge in [0.05, 0.1) is 0 Å². The van der Waals surface area contributed by atoms with Gasteiger partial charge >= 0.3 is 6.03 Å². The maximum atomic E-state index is 11.8. The van der Waals surface area contributed by atoms with Crippen LogP contribution < -0.4 is 20.9 Å². The van der Waals surface area contributed by atoms with Crippen molar-refractivity contribution in [3.63, 3.8) is 0 Å². The van der Waals surface area contributed by atoms with Crippen LogP contribution in [0.5, 0.6) is 0 Å². The molecule has 0 radical (unpaired) electrons. The molecule has 0 saturated carbocycles. The summed E-state index contributed by atoms with van der Waals surface area (Å²) in [5.41, 5.74) is 1.51. The van der Waals surface area contributed by atoms with Crippen molar-refractivity contribution in [3.05, 3.63) is 24.3 Å². The van der Waals surface area contributed by atoms with Crippen LogP contribution in [-0.4, -0.2) is 38.6 Å². The first kappa shape index (κ1) is 17.3. The molecule has 6 nitrogen and oxygen atoms in total. The SMILES string of the molecule is CNCCC(=O)Nc1cccc(N2CCCNC2=O)c1.Cl. The molecule has 7 heteroatoms. The summed E-state index contributed by atoms with van der Waals surface area (Å²) in [5, 5.41) is 8.58. The minimum Gasteiger partial charge on any atom is -0.338 e. The van der Waals surface area contributed by atoms with Crippen molar-refractivity contribution >= 4 is 35.7 Å². The maximum Gasteiger partial charge on any atom is 0.321 e. The van der Waals surface area contributed by atoms with Crippen LogP contribution in [0.15, 0.2) is 24.3 Å². The number of carbonyl (C=O) groups excluding carboxylic acids is 2. The van der Waals surface area contributed by atoms with E-state index in [1.807, 2.05) is 31.3 Å². The van der Waals surface area contributed by atoms with Gasteiger partial charge in [-0.3, -0.25) is 9.69 Å².